The largest absolute Gasteiger partial charge is 0.444 e. The molecule has 0 spiro atoms. The van der Waals surface area contributed by atoms with Crippen molar-refractivity contribution in [2.24, 2.45) is 0 Å². The molecule has 5 heteroatoms. The highest BCUT2D eigenvalue weighted by Gasteiger charge is 2.23. The van der Waals surface area contributed by atoms with Crippen LogP contribution >= 0.6 is 0 Å². The Morgan fingerprint density at radius 1 is 1.53 bits per heavy atom. The minimum atomic E-state index is -0.475. The molecule has 17 heavy (non-hydrogen) atoms. The third kappa shape index (κ3) is 5.86. The van der Waals surface area contributed by atoms with Crippen LogP contribution in [0.15, 0.2) is 0 Å². The standard InChI is InChI=1S/C12H23FN2O2/c1-12(2,3)17-11(16)14-10-5-4-7-15(9-10)8-6-13/h10H,4-9H2,1-3H3,(H,14,16)/t10-/m1/s1. The molecule has 0 aliphatic carbocycles. The molecule has 0 aromatic rings. The Hall–Kier alpha value is -0.840. The van der Waals surface area contributed by atoms with Crippen molar-refractivity contribution < 1.29 is 13.9 Å². The lowest BCUT2D eigenvalue weighted by Gasteiger charge is -2.32. The van der Waals surface area contributed by atoms with Gasteiger partial charge in [0.25, 0.3) is 0 Å². The van der Waals surface area contributed by atoms with Gasteiger partial charge in [-0.05, 0) is 40.2 Å². The number of hydrogen-bond acceptors (Lipinski definition) is 3. The van der Waals surface area contributed by atoms with Gasteiger partial charge in [0.05, 0.1) is 0 Å². The summed E-state index contributed by atoms with van der Waals surface area (Å²) in [6, 6.07) is 0.0742. The third-order valence-corrected chi connectivity index (χ3v) is 2.63. The number of rotatable bonds is 3. The molecule has 0 unspecified atom stereocenters. The number of amides is 1. The molecule has 1 atom stereocenters. The SMILES string of the molecule is CC(C)(C)OC(=O)N[C@@H]1CCCN(CCF)C1. The maximum Gasteiger partial charge on any atom is 0.407 e. The predicted octanol–water partition coefficient (Wildman–Crippen LogP) is 1.95. The fourth-order valence-corrected chi connectivity index (χ4v) is 1.97. The van der Waals surface area contributed by atoms with Gasteiger partial charge in [-0.3, -0.25) is 4.90 Å². The number of carbonyl (C=O) groups is 1. The summed E-state index contributed by atoms with van der Waals surface area (Å²) in [4.78, 5) is 13.6. The Labute approximate surface area is 102 Å². The summed E-state index contributed by atoms with van der Waals surface area (Å²) in [5.74, 6) is 0. The van der Waals surface area contributed by atoms with Crippen LogP contribution < -0.4 is 5.32 Å². The van der Waals surface area contributed by atoms with Crippen LogP contribution in [0.3, 0.4) is 0 Å². The van der Waals surface area contributed by atoms with Crippen molar-refractivity contribution in [2.45, 2.75) is 45.3 Å². The fraction of sp³-hybridized carbons (Fsp3) is 0.917. The van der Waals surface area contributed by atoms with E-state index in [2.05, 4.69) is 5.32 Å². The lowest BCUT2D eigenvalue weighted by atomic mass is 10.1. The van der Waals surface area contributed by atoms with Crippen molar-refractivity contribution in [3.63, 3.8) is 0 Å². The molecule has 0 aromatic heterocycles. The van der Waals surface area contributed by atoms with E-state index in [1.165, 1.54) is 0 Å². The average molecular weight is 246 g/mol. The van der Waals surface area contributed by atoms with Crippen molar-refractivity contribution in [2.75, 3.05) is 26.3 Å². The quantitative estimate of drug-likeness (QED) is 0.827. The van der Waals surface area contributed by atoms with Crippen LogP contribution in [-0.2, 0) is 4.74 Å². The van der Waals surface area contributed by atoms with Crippen molar-refractivity contribution in [1.29, 1.82) is 0 Å². The molecular formula is C12H23FN2O2. The van der Waals surface area contributed by atoms with E-state index in [1.807, 2.05) is 25.7 Å². The molecule has 0 aromatic carbocycles. The number of nitrogens with zero attached hydrogens (tertiary/aromatic N) is 1. The van der Waals surface area contributed by atoms with E-state index in [4.69, 9.17) is 4.74 Å². The molecule has 0 saturated carbocycles. The van der Waals surface area contributed by atoms with Gasteiger partial charge in [-0.1, -0.05) is 0 Å². The van der Waals surface area contributed by atoms with Crippen molar-refractivity contribution in [3.05, 3.63) is 0 Å². The van der Waals surface area contributed by atoms with Gasteiger partial charge in [-0.15, -0.1) is 0 Å². The van der Waals surface area contributed by atoms with Crippen molar-refractivity contribution >= 4 is 6.09 Å². The van der Waals surface area contributed by atoms with Gasteiger partial charge >= 0.3 is 6.09 Å². The molecule has 0 radical (unpaired) electrons. The second-order valence-corrected chi connectivity index (χ2v) is 5.47. The highest BCUT2D eigenvalue weighted by atomic mass is 19.1. The van der Waals surface area contributed by atoms with E-state index in [0.29, 0.717) is 13.1 Å². The molecular weight excluding hydrogens is 223 g/mol. The molecule has 4 nitrogen and oxygen atoms in total. The summed E-state index contributed by atoms with van der Waals surface area (Å²) < 4.78 is 17.4. The van der Waals surface area contributed by atoms with E-state index >= 15 is 0 Å². The number of ether oxygens (including phenoxy) is 1. The number of carbonyl (C=O) groups excluding carboxylic acids is 1. The first kappa shape index (κ1) is 14.2. The lowest BCUT2D eigenvalue weighted by molar-refractivity contribution is 0.0471. The number of piperidine rings is 1. The molecule has 1 N–H and O–H groups in total. The molecule has 1 aliphatic heterocycles. The Kier molecular flexibility index (Phi) is 5.18. The fourth-order valence-electron chi connectivity index (χ4n) is 1.97. The van der Waals surface area contributed by atoms with Crippen molar-refractivity contribution in [3.8, 4) is 0 Å². The lowest BCUT2D eigenvalue weighted by Crippen LogP contribution is -2.49. The van der Waals surface area contributed by atoms with Crippen LogP contribution in [0.5, 0.6) is 0 Å². The summed E-state index contributed by atoms with van der Waals surface area (Å²) in [6.45, 7) is 7.25. The molecule has 1 fully saturated rings. The zero-order valence-electron chi connectivity index (χ0n) is 11.0. The second-order valence-electron chi connectivity index (χ2n) is 5.47. The van der Waals surface area contributed by atoms with Crippen LogP contribution in [0.4, 0.5) is 9.18 Å². The van der Waals surface area contributed by atoms with Gasteiger partial charge in [0.15, 0.2) is 0 Å². The van der Waals surface area contributed by atoms with Crippen LogP contribution in [0.25, 0.3) is 0 Å². The number of nitrogens with one attached hydrogen (secondary N) is 1. The predicted molar refractivity (Wildman–Crippen MR) is 64.8 cm³/mol. The van der Waals surface area contributed by atoms with Crippen LogP contribution in [0.1, 0.15) is 33.6 Å². The second kappa shape index (κ2) is 6.19. The topological polar surface area (TPSA) is 41.6 Å². The van der Waals surface area contributed by atoms with Gasteiger partial charge in [-0.25, -0.2) is 9.18 Å². The smallest absolute Gasteiger partial charge is 0.407 e. The summed E-state index contributed by atoms with van der Waals surface area (Å²) in [5.41, 5.74) is -0.475. The van der Waals surface area contributed by atoms with Crippen molar-refractivity contribution in [1.82, 2.24) is 10.2 Å². The number of alkyl halides is 1. The highest BCUT2D eigenvalue weighted by molar-refractivity contribution is 5.68. The van der Waals surface area contributed by atoms with Gasteiger partial charge in [0.2, 0.25) is 0 Å². The zero-order chi connectivity index (χ0) is 12.9. The minimum absolute atomic E-state index is 0.0742. The number of halogens is 1. The first-order valence-electron chi connectivity index (χ1n) is 6.18. The summed E-state index contributed by atoms with van der Waals surface area (Å²) in [5, 5.41) is 2.84. The van der Waals surface area contributed by atoms with E-state index < -0.39 is 5.60 Å². The minimum Gasteiger partial charge on any atom is -0.444 e. The number of hydrogen-bond donors (Lipinski definition) is 1. The molecule has 1 saturated heterocycles. The normalized spacial score (nSPS) is 22.2. The summed E-state index contributed by atoms with van der Waals surface area (Å²) in [7, 11) is 0. The summed E-state index contributed by atoms with van der Waals surface area (Å²) >= 11 is 0. The Morgan fingerprint density at radius 3 is 2.82 bits per heavy atom. The summed E-state index contributed by atoms with van der Waals surface area (Å²) in [6.07, 6.45) is 1.53. The van der Waals surface area contributed by atoms with Gasteiger partial charge in [-0.2, -0.15) is 0 Å². The molecule has 1 amide bonds. The maximum atomic E-state index is 12.2. The molecule has 1 aliphatic rings. The Morgan fingerprint density at radius 2 is 2.24 bits per heavy atom. The van der Waals surface area contributed by atoms with Gasteiger partial charge < -0.3 is 10.1 Å². The molecule has 1 heterocycles. The molecule has 1 rings (SSSR count). The van der Waals surface area contributed by atoms with E-state index in [9.17, 15) is 9.18 Å². The first-order valence-corrected chi connectivity index (χ1v) is 6.18. The monoisotopic (exact) mass is 246 g/mol. The first-order chi connectivity index (χ1) is 7.90. The van der Waals surface area contributed by atoms with Gasteiger partial charge in [0, 0.05) is 19.1 Å². The molecule has 100 valence electrons. The Balaban J connectivity index is 2.33. The Bertz CT molecular complexity index is 251. The highest BCUT2D eigenvalue weighted by Crippen LogP contribution is 2.11. The zero-order valence-corrected chi connectivity index (χ0v) is 11.0. The van der Waals surface area contributed by atoms with Crippen LogP contribution in [-0.4, -0.2) is 48.9 Å². The van der Waals surface area contributed by atoms with Crippen LogP contribution in [0.2, 0.25) is 0 Å². The average Bonchev–Trinajstić information content (AvgIpc) is 2.15. The number of alkyl carbamates (subject to hydrolysis) is 1. The number of likely N-dealkylation sites (tertiary alicyclic amines) is 1. The maximum absolute atomic E-state index is 12.2. The third-order valence-electron chi connectivity index (χ3n) is 2.63. The van der Waals surface area contributed by atoms with E-state index in [1.54, 1.807) is 0 Å². The van der Waals surface area contributed by atoms with E-state index in [-0.39, 0.29) is 18.8 Å². The van der Waals surface area contributed by atoms with Crippen LogP contribution in [0, 0.1) is 0 Å². The van der Waals surface area contributed by atoms with E-state index in [0.717, 1.165) is 19.4 Å². The van der Waals surface area contributed by atoms with Gasteiger partial charge in [0.1, 0.15) is 12.3 Å². The molecule has 0 bridgehead atoms.